The second kappa shape index (κ2) is 4.07. The molecule has 0 radical (unpaired) electrons. The molecule has 0 bridgehead atoms. The first-order chi connectivity index (χ1) is 7.33. The highest BCUT2D eigenvalue weighted by atomic mass is 16.3. The zero-order chi connectivity index (χ0) is 10.7. The van der Waals surface area contributed by atoms with Crippen molar-refractivity contribution in [2.75, 3.05) is 6.54 Å². The van der Waals surface area contributed by atoms with Gasteiger partial charge < -0.3 is 9.95 Å². The van der Waals surface area contributed by atoms with E-state index in [1.165, 1.54) is 0 Å². The summed E-state index contributed by atoms with van der Waals surface area (Å²) in [5, 5.41) is 10.7. The molecule has 0 saturated carbocycles. The van der Waals surface area contributed by atoms with E-state index in [4.69, 9.17) is 6.57 Å². The van der Waals surface area contributed by atoms with Crippen molar-refractivity contribution in [1.82, 2.24) is 4.98 Å². The summed E-state index contributed by atoms with van der Waals surface area (Å²) in [5.41, 5.74) is 1.62. The number of aliphatic hydroxyl groups is 1. The Labute approximate surface area is 87.8 Å². The average Bonchev–Trinajstić information content (AvgIpc) is 2.28. The van der Waals surface area contributed by atoms with E-state index in [1.54, 1.807) is 12.3 Å². The van der Waals surface area contributed by atoms with Crippen molar-refractivity contribution in [2.24, 2.45) is 0 Å². The average molecular weight is 198 g/mol. The monoisotopic (exact) mass is 198 g/mol. The quantitative estimate of drug-likeness (QED) is 0.751. The van der Waals surface area contributed by atoms with Gasteiger partial charge in [-0.25, -0.2) is 6.57 Å². The summed E-state index contributed by atoms with van der Waals surface area (Å²) in [4.78, 5) is 7.39. The molecule has 0 spiro atoms. The van der Waals surface area contributed by atoms with Gasteiger partial charge in [0.2, 0.25) is 6.54 Å². The summed E-state index contributed by atoms with van der Waals surface area (Å²) >= 11 is 0. The Morgan fingerprint density at radius 1 is 1.33 bits per heavy atom. The van der Waals surface area contributed by atoms with Crippen LogP contribution < -0.4 is 0 Å². The van der Waals surface area contributed by atoms with E-state index < -0.39 is 6.10 Å². The van der Waals surface area contributed by atoms with Gasteiger partial charge in [-0.2, -0.15) is 0 Å². The molecule has 1 atom stereocenters. The summed E-state index contributed by atoms with van der Waals surface area (Å²) < 4.78 is 0. The molecule has 3 nitrogen and oxygen atoms in total. The highest BCUT2D eigenvalue weighted by molar-refractivity contribution is 5.82. The first-order valence-corrected chi connectivity index (χ1v) is 4.68. The number of rotatable bonds is 2. The predicted octanol–water partition coefficient (Wildman–Crippen LogP) is 2.19. The van der Waals surface area contributed by atoms with E-state index in [2.05, 4.69) is 9.83 Å². The van der Waals surface area contributed by atoms with Gasteiger partial charge in [-0.1, -0.05) is 18.2 Å². The molecule has 0 aliphatic heterocycles. The van der Waals surface area contributed by atoms with Gasteiger partial charge in [0.1, 0.15) is 0 Å². The van der Waals surface area contributed by atoms with Crippen LogP contribution in [0.4, 0.5) is 0 Å². The van der Waals surface area contributed by atoms with Gasteiger partial charge in [0.15, 0.2) is 6.10 Å². The molecule has 1 N–H and O–H groups in total. The molecule has 3 heteroatoms. The Hall–Kier alpha value is -1.92. The molecule has 0 aliphatic rings. The molecule has 0 aliphatic carbocycles. The van der Waals surface area contributed by atoms with Crippen LogP contribution in [0, 0.1) is 6.57 Å². The molecule has 15 heavy (non-hydrogen) atoms. The number of nitrogens with zero attached hydrogens (tertiary/aromatic N) is 2. The Bertz CT molecular complexity index is 511. The van der Waals surface area contributed by atoms with E-state index in [0.717, 1.165) is 16.5 Å². The summed E-state index contributed by atoms with van der Waals surface area (Å²) in [6.07, 6.45) is 0.931. The van der Waals surface area contributed by atoms with Gasteiger partial charge in [0.05, 0.1) is 5.52 Å². The maximum atomic E-state index is 9.78. The molecule has 74 valence electrons. The first-order valence-electron chi connectivity index (χ1n) is 4.68. The fourth-order valence-electron chi connectivity index (χ4n) is 1.59. The third-order valence-electron chi connectivity index (χ3n) is 2.31. The lowest BCUT2D eigenvalue weighted by molar-refractivity contribution is 0.197. The Morgan fingerprint density at radius 3 is 2.93 bits per heavy atom. The maximum Gasteiger partial charge on any atom is 0.244 e. The molecule has 1 unspecified atom stereocenters. The van der Waals surface area contributed by atoms with Crippen molar-refractivity contribution in [3.05, 3.63) is 53.5 Å². The van der Waals surface area contributed by atoms with Crippen LogP contribution in [-0.4, -0.2) is 16.6 Å². The molecule has 2 aromatic rings. The molecule has 0 amide bonds. The number of aliphatic hydroxyl groups excluding tert-OH is 1. The van der Waals surface area contributed by atoms with Crippen molar-refractivity contribution in [2.45, 2.75) is 6.10 Å². The van der Waals surface area contributed by atoms with E-state index in [1.807, 2.05) is 24.3 Å². The minimum atomic E-state index is -0.726. The van der Waals surface area contributed by atoms with Gasteiger partial charge in [-0.15, -0.1) is 0 Å². The predicted molar refractivity (Wildman–Crippen MR) is 58.2 cm³/mol. The minimum absolute atomic E-state index is 0.0913. The van der Waals surface area contributed by atoms with Crippen molar-refractivity contribution < 1.29 is 5.11 Å². The van der Waals surface area contributed by atoms with E-state index in [0.29, 0.717) is 0 Å². The van der Waals surface area contributed by atoms with Gasteiger partial charge in [0, 0.05) is 11.6 Å². The maximum absolute atomic E-state index is 9.78. The molecular weight excluding hydrogens is 188 g/mol. The minimum Gasteiger partial charge on any atom is -0.381 e. The standard InChI is InChI=1S/C12H10N2O/c1-13-8-12(15)10-6-7-14-11-5-3-2-4-9(10)11/h2-7,12,15H,8H2. The van der Waals surface area contributed by atoms with E-state index >= 15 is 0 Å². The number of pyridine rings is 1. The molecule has 2 rings (SSSR count). The van der Waals surface area contributed by atoms with E-state index in [-0.39, 0.29) is 6.54 Å². The molecule has 1 aromatic carbocycles. The topological polar surface area (TPSA) is 37.5 Å². The van der Waals surface area contributed by atoms with Crippen LogP contribution in [0.15, 0.2) is 36.5 Å². The summed E-state index contributed by atoms with van der Waals surface area (Å²) in [6.45, 7) is 6.83. The number of hydrogen-bond acceptors (Lipinski definition) is 2. The van der Waals surface area contributed by atoms with Crippen LogP contribution in [0.25, 0.3) is 15.7 Å². The van der Waals surface area contributed by atoms with Crippen LogP contribution in [-0.2, 0) is 0 Å². The second-order valence-electron chi connectivity index (χ2n) is 3.27. The smallest absolute Gasteiger partial charge is 0.244 e. The van der Waals surface area contributed by atoms with Crippen LogP contribution in [0.1, 0.15) is 11.7 Å². The van der Waals surface area contributed by atoms with Gasteiger partial charge in [0.25, 0.3) is 0 Å². The fourth-order valence-corrected chi connectivity index (χ4v) is 1.59. The highest BCUT2D eigenvalue weighted by Gasteiger charge is 2.13. The fraction of sp³-hybridized carbons (Fsp3) is 0.167. The first kappa shape index (κ1) is 9.63. The lowest BCUT2D eigenvalue weighted by Gasteiger charge is -2.07. The number of benzene rings is 1. The largest absolute Gasteiger partial charge is 0.381 e. The zero-order valence-electron chi connectivity index (χ0n) is 8.09. The normalized spacial score (nSPS) is 12.3. The van der Waals surface area contributed by atoms with Crippen molar-refractivity contribution in [1.29, 1.82) is 0 Å². The Balaban J connectivity index is 2.56. The molecule has 1 heterocycles. The Kier molecular flexibility index (Phi) is 2.61. The van der Waals surface area contributed by atoms with Crippen LogP contribution in [0.5, 0.6) is 0 Å². The van der Waals surface area contributed by atoms with Gasteiger partial charge in [-0.3, -0.25) is 4.98 Å². The molecule has 0 fully saturated rings. The van der Waals surface area contributed by atoms with Gasteiger partial charge in [-0.05, 0) is 17.7 Å². The van der Waals surface area contributed by atoms with Crippen LogP contribution in [0.3, 0.4) is 0 Å². The van der Waals surface area contributed by atoms with Gasteiger partial charge >= 0.3 is 0 Å². The van der Waals surface area contributed by atoms with Crippen molar-refractivity contribution >= 4 is 10.9 Å². The lowest BCUT2D eigenvalue weighted by atomic mass is 10.0. The Morgan fingerprint density at radius 2 is 2.13 bits per heavy atom. The third-order valence-corrected chi connectivity index (χ3v) is 2.31. The lowest BCUT2D eigenvalue weighted by Crippen LogP contribution is -2.01. The van der Waals surface area contributed by atoms with Crippen LogP contribution in [0.2, 0.25) is 0 Å². The summed E-state index contributed by atoms with van der Waals surface area (Å²) in [7, 11) is 0. The summed E-state index contributed by atoms with van der Waals surface area (Å²) in [5.74, 6) is 0. The number of fused-ring (bicyclic) bond motifs is 1. The second-order valence-corrected chi connectivity index (χ2v) is 3.27. The zero-order valence-corrected chi connectivity index (χ0v) is 8.09. The summed E-state index contributed by atoms with van der Waals surface area (Å²) in [6, 6.07) is 9.37. The van der Waals surface area contributed by atoms with E-state index in [9.17, 15) is 5.11 Å². The number of aromatic nitrogens is 1. The SMILES string of the molecule is [C-]#[N+]CC(O)c1ccnc2ccccc12. The number of para-hydroxylation sites is 1. The molecular formula is C12H10N2O. The number of hydrogen-bond donors (Lipinski definition) is 1. The van der Waals surface area contributed by atoms with Crippen molar-refractivity contribution in [3.8, 4) is 0 Å². The third kappa shape index (κ3) is 1.80. The molecule has 0 saturated heterocycles. The van der Waals surface area contributed by atoms with Crippen LogP contribution >= 0.6 is 0 Å². The molecule has 1 aromatic heterocycles. The highest BCUT2D eigenvalue weighted by Crippen LogP contribution is 2.22. The van der Waals surface area contributed by atoms with Crippen molar-refractivity contribution in [3.63, 3.8) is 0 Å².